The lowest BCUT2D eigenvalue weighted by atomic mass is 10.1. The molecule has 84 valence electrons. The third-order valence-corrected chi connectivity index (χ3v) is 2.45. The van der Waals surface area contributed by atoms with Crippen molar-refractivity contribution in [1.29, 1.82) is 0 Å². The number of likely N-dealkylation sites (N-methyl/N-ethyl adjacent to an activating group) is 1. The van der Waals surface area contributed by atoms with Gasteiger partial charge < -0.3 is 10.1 Å². The molecule has 0 radical (unpaired) electrons. The van der Waals surface area contributed by atoms with Crippen molar-refractivity contribution in [2.75, 3.05) is 20.3 Å². The van der Waals surface area contributed by atoms with Crippen molar-refractivity contribution in [3.63, 3.8) is 0 Å². The number of aromatic nitrogens is 1. The minimum atomic E-state index is 0.485. The van der Waals surface area contributed by atoms with Crippen LogP contribution in [0.5, 0.6) is 0 Å². The minimum absolute atomic E-state index is 0.485. The van der Waals surface area contributed by atoms with Crippen LogP contribution in [0.4, 0.5) is 0 Å². The minimum Gasteiger partial charge on any atom is -0.382 e. The molecule has 1 heterocycles. The molecule has 0 aliphatic heterocycles. The van der Waals surface area contributed by atoms with Gasteiger partial charge in [0.15, 0.2) is 0 Å². The summed E-state index contributed by atoms with van der Waals surface area (Å²) < 4.78 is 5.35. The van der Waals surface area contributed by atoms with E-state index in [-0.39, 0.29) is 0 Å². The fourth-order valence-corrected chi connectivity index (χ4v) is 1.52. The Bertz CT molecular complexity index is 251. The maximum atomic E-state index is 5.35. The molecule has 1 aromatic heterocycles. The predicted octanol–water partition coefficient (Wildman–Crippen LogP) is 1.64. The summed E-state index contributed by atoms with van der Waals surface area (Å²) in [6.45, 7) is 3.65. The van der Waals surface area contributed by atoms with Crippen molar-refractivity contribution in [3.8, 4) is 0 Å². The second kappa shape index (κ2) is 7.37. The molecule has 0 aliphatic rings. The van der Waals surface area contributed by atoms with Crippen LogP contribution in [0.3, 0.4) is 0 Å². The van der Waals surface area contributed by atoms with E-state index in [9.17, 15) is 0 Å². The first-order valence-electron chi connectivity index (χ1n) is 5.50. The Labute approximate surface area is 91.9 Å². The fourth-order valence-electron chi connectivity index (χ4n) is 1.52. The molecule has 1 rings (SSSR count). The fraction of sp³-hybridized carbons (Fsp3) is 0.583. The number of pyridine rings is 1. The summed E-state index contributed by atoms with van der Waals surface area (Å²) in [6, 6.07) is 4.61. The summed E-state index contributed by atoms with van der Waals surface area (Å²) in [7, 11) is 2.00. The summed E-state index contributed by atoms with van der Waals surface area (Å²) in [5.41, 5.74) is 1.32. The highest BCUT2D eigenvalue weighted by Crippen LogP contribution is 2.04. The second-order valence-corrected chi connectivity index (χ2v) is 3.53. The van der Waals surface area contributed by atoms with Gasteiger partial charge in [-0.3, -0.25) is 4.98 Å². The lowest BCUT2D eigenvalue weighted by Gasteiger charge is -2.15. The van der Waals surface area contributed by atoms with Crippen molar-refractivity contribution in [2.45, 2.75) is 25.8 Å². The smallest absolute Gasteiger partial charge is 0.0480 e. The van der Waals surface area contributed by atoms with Crippen molar-refractivity contribution in [3.05, 3.63) is 30.1 Å². The number of hydrogen-bond acceptors (Lipinski definition) is 3. The molecule has 0 spiro atoms. The van der Waals surface area contributed by atoms with Gasteiger partial charge in [0, 0.05) is 31.6 Å². The first-order chi connectivity index (χ1) is 7.36. The average Bonchev–Trinajstić information content (AvgIpc) is 2.29. The summed E-state index contributed by atoms with van der Waals surface area (Å²) >= 11 is 0. The number of nitrogens with zero attached hydrogens (tertiary/aromatic N) is 1. The molecule has 0 bridgehead atoms. The quantitative estimate of drug-likeness (QED) is 0.692. The van der Waals surface area contributed by atoms with E-state index in [4.69, 9.17) is 4.74 Å². The Kier molecular flexibility index (Phi) is 5.97. The summed E-state index contributed by atoms with van der Waals surface area (Å²) in [4.78, 5) is 4.01. The van der Waals surface area contributed by atoms with Crippen LogP contribution in [0.25, 0.3) is 0 Å². The van der Waals surface area contributed by atoms with Gasteiger partial charge in [0.25, 0.3) is 0 Å². The van der Waals surface area contributed by atoms with Gasteiger partial charge in [0.1, 0.15) is 0 Å². The molecule has 1 N–H and O–H groups in total. The molecule has 0 saturated heterocycles. The highest BCUT2D eigenvalue weighted by molar-refractivity contribution is 5.11. The van der Waals surface area contributed by atoms with Crippen LogP contribution in [-0.4, -0.2) is 31.3 Å². The van der Waals surface area contributed by atoms with E-state index >= 15 is 0 Å². The summed E-state index contributed by atoms with van der Waals surface area (Å²) in [6.07, 6.45) is 5.76. The Morgan fingerprint density at radius 2 is 2.13 bits per heavy atom. The van der Waals surface area contributed by atoms with Crippen LogP contribution in [0.1, 0.15) is 18.9 Å². The molecule has 15 heavy (non-hydrogen) atoms. The van der Waals surface area contributed by atoms with Crippen molar-refractivity contribution < 1.29 is 4.74 Å². The molecule has 1 aromatic rings. The highest BCUT2D eigenvalue weighted by atomic mass is 16.5. The standard InChI is InChI=1S/C12H20N2O/c1-3-15-9-6-12(13-2)10-11-4-7-14-8-5-11/h4-5,7-8,12-13H,3,6,9-10H2,1-2H3. The average molecular weight is 208 g/mol. The summed E-state index contributed by atoms with van der Waals surface area (Å²) in [5.74, 6) is 0. The van der Waals surface area contributed by atoms with E-state index in [1.807, 2.05) is 26.4 Å². The Morgan fingerprint density at radius 1 is 1.40 bits per heavy atom. The van der Waals surface area contributed by atoms with Crippen molar-refractivity contribution in [1.82, 2.24) is 10.3 Å². The van der Waals surface area contributed by atoms with Gasteiger partial charge in [-0.05, 0) is 44.5 Å². The van der Waals surface area contributed by atoms with E-state index in [0.717, 1.165) is 26.1 Å². The molecule has 0 amide bonds. The van der Waals surface area contributed by atoms with Crippen LogP contribution >= 0.6 is 0 Å². The van der Waals surface area contributed by atoms with E-state index in [1.54, 1.807) is 0 Å². The van der Waals surface area contributed by atoms with Crippen molar-refractivity contribution in [2.24, 2.45) is 0 Å². The monoisotopic (exact) mass is 208 g/mol. The first-order valence-corrected chi connectivity index (χ1v) is 5.50. The van der Waals surface area contributed by atoms with Crippen LogP contribution < -0.4 is 5.32 Å². The SMILES string of the molecule is CCOCCC(Cc1ccncc1)NC. The Morgan fingerprint density at radius 3 is 2.73 bits per heavy atom. The molecule has 0 fully saturated rings. The molecule has 1 atom stereocenters. The third-order valence-electron chi connectivity index (χ3n) is 2.45. The van der Waals surface area contributed by atoms with Gasteiger partial charge >= 0.3 is 0 Å². The zero-order valence-corrected chi connectivity index (χ0v) is 9.57. The molecular formula is C12H20N2O. The van der Waals surface area contributed by atoms with Gasteiger partial charge in [0.05, 0.1) is 0 Å². The van der Waals surface area contributed by atoms with E-state index in [2.05, 4.69) is 22.4 Å². The van der Waals surface area contributed by atoms with Gasteiger partial charge in [-0.1, -0.05) is 0 Å². The summed E-state index contributed by atoms with van der Waals surface area (Å²) in [5, 5.41) is 3.31. The topological polar surface area (TPSA) is 34.1 Å². The number of ether oxygens (including phenoxy) is 1. The molecule has 3 nitrogen and oxygen atoms in total. The lowest BCUT2D eigenvalue weighted by molar-refractivity contribution is 0.137. The molecule has 0 saturated carbocycles. The number of nitrogens with one attached hydrogen (secondary N) is 1. The van der Waals surface area contributed by atoms with Crippen LogP contribution in [0, 0.1) is 0 Å². The Hall–Kier alpha value is -0.930. The van der Waals surface area contributed by atoms with Gasteiger partial charge in [-0.25, -0.2) is 0 Å². The predicted molar refractivity (Wildman–Crippen MR) is 61.9 cm³/mol. The van der Waals surface area contributed by atoms with E-state index in [1.165, 1.54) is 5.56 Å². The number of hydrogen-bond donors (Lipinski definition) is 1. The lowest BCUT2D eigenvalue weighted by Crippen LogP contribution is -2.29. The largest absolute Gasteiger partial charge is 0.382 e. The normalized spacial score (nSPS) is 12.7. The van der Waals surface area contributed by atoms with Gasteiger partial charge in [0.2, 0.25) is 0 Å². The van der Waals surface area contributed by atoms with Gasteiger partial charge in [-0.2, -0.15) is 0 Å². The third kappa shape index (κ3) is 4.91. The Balaban J connectivity index is 2.33. The van der Waals surface area contributed by atoms with Crippen molar-refractivity contribution >= 4 is 0 Å². The van der Waals surface area contributed by atoms with E-state index < -0.39 is 0 Å². The maximum absolute atomic E-state index is 5.35. The molecule has 0 aromatic carbocycles. The first kappa shape index (κ1) is 12.1. The zero-order chi connectivity index (χ0) is 10.9. The van der Waals surface area contributed by atoms with Crippen LogP contribution in [0.2, 0.25) is 0 Å². The zero-order valence-electron chi connectivity index (χ0n) is 9.57. The molecule has 3 heteroatoms. The molecular weight excluding hydrogens is 188 g/mol. The highest BCUT2D eigenvalue weighted by Gasteiger charge is 2.06. The van der Waals surface area contributed by atoms with E-state index in [0.29, 0.717) is 6.04 Å². The van der Waals surface area contributed by atoms with Crippen LogP contribution in [0.15, 0.2) is 24.5 Å². The molecule has 1 unspecified atom stereocenters. The van der Waals surface area contributed by atoms with Crippen LogP contribution in [-0.2, 0) is 11.2 Å². The van der Waals surface area contributed by atoms with Gasteiger partial charge in [-0.15, -0.1) is 0 Å². The second-order valence-electron chi connectivity index (χ2n) is 3.53. The molecule has 0 aliphatic carbocycles. The maximum Gasteiger partial charge on any atom is 0.0480 e. The number of rotatable bonds is 7.